The van der Waals surface area contributed by atoms with Crippen molar-refractivity contribution < 1.29 is 19.4 Å². The molecule has 0 radical (unpaired) electrons. The van der Waals surface area contributed by atoms with E-state index in [0.29, 0.717) is 23.8 Å². The van der Waals surface area contributed by atoms with Crippen molar-refractivity contribution in [2.24, 2.45) is 17.8 Å². The zero-order valence-electron chi connectivity index (χ0n) is 26.1. The van der Waals surface area contributed by atoms with Gasteiger partial charge in [-0.05, 0) is 87.9 Å². The van der Waals surface area contributed by atoms with Gasteiger partial charge < -0.3 is 24.2 Å². The summed E-state index contributed by atoms with van der Waals surface area (Å²) in [5.74, 6) is 1.37. The maximum absolute atomic E-state index is 12.6. The average molecular weight is 599 g/mol. The third kappa shape index (κ3) is 6.14. The van der Waals surface area contributed by atoms with Crippen molar-refractivity contribution in [2.45, 2.75) is 70.4 Å². The SMILES string of the molecule is CCC(=O)O[C@H]1CCC[C@@H]1[C@](Cn1ccnc1C)(c1ccccc1)C1CCN(CC2CN(c3ccc(C(=O)O)cc3)C2)CC1. The predicted octanol–water partition coefficient (Wildman–Crippen LogP) is 5.80. The van der Waals surface area contributed by atoms with E-state index in [1.54, 1.807) is 12.1 Å². The summed E-state index contributed by atoms with van der Waals surface area (Å²) in [5, 5.41) is 9.20. The zero-order valence-corrected chi connectivity index (χ0v) is 26.1. The number of aryl methyl sites for hydroxylation is 1. The molecule has 3 heterocycles. The normalized spacial score (nSPS) is 22.8. The lowest BCUT2D eigenvalue weighted by molar-refractivity contribution is -0.152. The van der Waals surface area contributed by atoms with Crippen LogP contribution in [0.1, 0.15) is 67.2 Å². The van der Waals surface area contributed by atoms with E-state index in [4.69, 9.17) is 4.74 Å². The van der Waals surface area contributed by atoms with Crippen LogP contribution in [0, 0.1) is 24.7 Å². The average Bonchev–Trinajstić information content (AvgIpc) is 3.66. The lowest BCUT2D eigenvalue weighted by Crippen LogP contribution is -2.55. The highest BCUT2D eigenvalue weighted by Gasteiger charge is 2.53. The number of carbonyl (C=O) groups excluding carboxylic acids is 1. The van der Waals surface area contributed by atoms with Gasteiger partial charge in [0.25, 0.3) is 0 Å². The minimum absolute atomic E-state index is 0.0602. The highest BCUT2D eigenvalue weighted by atomic mass is 16.5. The first-order chi connectivity index (χ1) is 21.4. The van der Waals surface area contributed by atoms with E-state index in [2.05, 4.69) is 62.8 Å². The number of nitrogens with zero attached hydrogens (tertiary/aromatic N) is 4. The highest BCUT2D eigenvalue weighted by Crippen LogP contribution is 2.52. The number of benzene rings is 2. The van der Waals surface area contributed by atoms with Gasteiger partial charge in [0.2, 0.25) is 0 Å². The molecule has 3 fully saturated rings. The van der Waals surface area contributed by atoms with E-state index in [1.807, 2.05) is 25.3 Å². The molecule has 1 aliphatic carbocycles. The largest absolute Gasteiger partial charge is 0.478 e. The summed E-state index contributed by atoms with van der Waals surface area (Å²) >= 11 is 0. The van der Waals surface area contributed by atoms with Crippen LogP contribution >= 0.6 is 0 Å². The number of piperidine rings is 1. The lowest BCUT2D eigenvalue weighted by Gasteiger charge is -2.51. The summed E-state index contributed by atoms with van der Waals surface area (Å²) in [6.07, 6.45) is 9.67. The minimum Gasteiger partial charge on any atom is -0.478 e. The molecule has 0 amide bonds. The fraction of sp³-hybridized carbons (Fsp3) is 0.528. The molecule has 0 bridgehead atoms. The van der Waals surface area contributed by atoms with Crippen molar-refractivity contribution in [2.75, 3.05) is 37.6 Å². The Morgan fingerprint density at radius 2 is 1.73 bits per heavy atom. The number of rotatable bonds is 11. The maximum Gasteiger partial charge on any atom is 0.335 e. The Labute approximate surface area is 261 Å². The molecule has 234 valence electrons. The Bertz CT molecular complexity index is 1410. The molecule has 2 aliphatic heterocycles. The molecule has 3 aromatic rings. The number of anilines is 1. The Morgan fingerprint density at radius 1 is 1.00 bits per heavy atom. The fourth-order valence-electron chi connectivity index (χ4n) is 8.31. The van der Waals surface area contributed by atoms with Crippen LogP contribution in [0.15, 0.2) is 67.0 Å². The summed E-state index contributed by atoms with van der Waals surface area (Å²) in [6.45, 7) is 10.1. The smallest absolute Gasteiger partial charge is 0.335 e. The summed E-state index contributed by atoms with van der Waals surface area (Å²) in [5.41, 5.74) is 2.63. The number of imidazole rings is 1. The van der Waals surface area contributed by atoms with Crippen molar-refractivity contribution in [3.8, 4) is 0 Å². The molecule has 8 heteroatoms. The van der Waals surface area contributed by atoms with Gasteiger partial charge in [-0.15, -0.1) is 0 Å². The number of hydrogen-bond acceptors (Lipinski definition) is 6. The van der Waals surface area contributed by atoms with E-state index >= 15 is 0 Å². The maximum atomic E-state index is 12.6. The monoisotopic (exact) mass is 598 g/mol. The number of carboxylic acid groups (broad SMARTS) is 1. The van der Waals surface area contributed by atoms with E-state index in [9.17, 15) is 14.7 Å². The number of aromatic carboxylic acids is 1. The van der Waals surface area contributed by atoms with Gasteiger partial charge in [0.05, 0.1) is 5.56 Å². The topological polar surface area (TPSA) is 87.9 Å². The first-order valence-electron chi connectivity index (χ1n) is 16.4. The molecule has 1 saturated carbocycles. The Balaban J connectivity index is 1.19. The molecule has 6 rings (SSSR count). The molecule has 0 unspecified atom stereocenters. The predicted molar refractivity (Wildman–Crippen MR) is 171 cm³/mol. The second-order valence-electron chi connectivity index (χ2n) is 13.1. The second-order valence-corrected chi connectivity index (χ2v) is 13.1. The van der Waals surface area contributed by atoms with Crippen molar-refractivity contribution >= 4 is 17.6 Å². The van der Waals surface area contributed by atoms with E-state index in [0.717, 1.165) is 82.9 Å². The van der Waals surface area contributed by atoms with E-state index in [-0.39, 0.29) is 23.4 Å². The molecule has 1 aromatic heterocycles. The van der Waals surface area contributed by atoms with Crippen LogP contribution in [-0.4, -0.2) is 70.3 Å². The molecule has 2 aromatic carbocycles. The number of likely N-dealkylation sites (tertiary alicyclic amines) is 1. The van der Waals surface area contributed by atoms with Crippen LogP contribution in [0.5, 0.6) is 0 Å². The van der Waals surface area contributed by atoms with Crippen LogP contribution in [0.25, 0.3) is 0 Å². The quantitative estimate of drug-likeness (QED) is 0.279. The lowest BCUT2D eigenvalue weighted by atomic mass is 9.58. The number of hydrogen-bond donors (Lipinski definition) is 1. The van der Waals surface area contributed by atoms with E-state index < -0.39 is 5.97 Å². The van der Waals surface area contributed by atoms with Crippen LogP contribution in [0.4, 0.5) is 5.69 Å². The number of carbonyl (C=O) groups is 2. The first kappa shape index (κ1) is 30.4. The molecule has 1 N–H and O–H groups in total. The highest BCUT2D eigenvalue weighted by molar-refractivity contribution is 5.88. The van der Waals surface area contributed by atoms with Gasteiger partial charge in [-0.25, -0.2) is 9.78 Å². The zero-order chi connectivity index (χ0) is 30.7. The molecule has 44 heavy (non-hydrogen) atoms. The van der Waals surface area contributed by atoms with Gasteiger partial charge in [-0.1, -0.05) is 37.3 Å². The van der Waals surface area contributed by atoms with Crippen LogP contribution in [0.3, 0.4) is 0 Å². The molecule has 3 aliphatic rings. The number of aromatic nitrogens is 2. The Hall–Kier alpha value is -3.65. The summed E-state index contributed by atoms with van der Waals surface area (Å²) in [4.78, 5) is 33.4. The van der Waals surface area contributed by atoms with E-state index in [1.165, 1.54) is 5.56 Å². The second kappa shape index (κ2) is 13.1. The first-order valence-corrected chi connectivity index (χ1v) is 16.4. The number of ether oxygens (including phenoxy) is 1. The summed E-state index contributed by atoms with van der Waals surface area (Å²) in [6, 6.07) is 18.3. The van der Waals surface area contributed by atoms with Gasteiger partial charge in [0, 0.05) is 67.9 Å². The van der Waals surface area contributed by atoms with Crippen molar-refractivity contribution in [1.82, 2.24) is 14.5 Å². The molecule has 8 nitrogen and oxygen atoms in total. The van der Waals surface area contributed by atoms with Gasteiger partial charge in [0.15, 0.2) is 0 Å². The standard InChI is InChI=1S/C36H46N4O4/c1-3-34(41)44-33-11-7-10-32(33)36(29-8-5-4-6-9-29,25-39-21-18-37-26(39)2)30-16-19-38(20-17-30)22-27-23-40(24-27)31-14-12-28(13-15-31)35(42)43/h4-6,8-9,12-15,18,21,27,30,32-33H,3,7,10-11,16-17,19-20,22-25H2,1-2H3,(H,42,43)/t32-,33-,36+/m0/s1. The molecular formula is C36H46N4O4. The van der Waals surface area contributed by atoms with Crippen molar-refractivity contribution in [1.29, 1.82) is 0 Å². The van der Waals surface area contributed by atoms with Gasteiger partial charge >= 0.3 is 11.9 Å². The summed E-state index contributed by atoms with van der Waals surface area (Å²) in [7, 11) is 0. The molecular weight excluding hydrogens is 552 g/mol. The van der Waals surface area contributed by atoms with Crippen molar-refractivity contribution in [3.05, 3.63) is 83.9 Å². The fourth-order valence-corrected chi connectivity index (χ4v) is 8.31. The Kier molecular flexibility index (Phi) is 9.08. The summed E-state index contributed by atoms with van der Waals surface area (Å²) < 4.78 is 8.52. The van der Waals surface area contributed by atoms with Gasteiger partial charge in [-0.2, -0.15) is 0 Å². The third-order valence-corrected chi connectivity index (χ3v) is 10.6. The van der Waals surface area contributed by atoms with Crippen molar-refractivity contribution in [3.63, 3.8) is 0 Å². The van der Waals surface area contributed by atoms with Crippen LogP contribution in [0.2, 0.25) is 0 Å². The molecule has 2 saturated heterocycles. The Morgan fingerprint density at radius 3 is 2.36 bits per heavy atom. The van der Waals surface area contributed by atoms with Crippen LogP contribution < -0.4 is 4.90 Å². The third-order valence-electron chi connectivity index (χ3n) is 10.6. The van der Waals surface area contributed by atoms with Crippen LogP contribution in [-0.2, 0) is 21.5 Å². The molecule has 3 atom stereocenters. The molecule has 0 spiro atoms. The van der Waals surface area contributed by atoms with Gasteiger partial charge in [0.1, 0.15) is 11.9 Å². The number of carboxylic acids is 1. The van der Waals surface area contributed by atoms with Gasteiger partial charge in [-0.3, -0.25) is 4.79 Å². The number of esters is 1. The minimum atomic E-state index is -0.886.